The predicted molar refractivity (Wildman–Crippen MR) is 124 cm³/mol. The van der Waals surface area contributed by atoms with Crippen LogP contribution in [0.2, 0.25) is 5.02 Å². The number of anilines is 1. The zero-order valence-electron chi connectivity index (χ0n) is 16.4. The zero-order chi connectivity index (χ0) is 21.2. The van der Waals surface area contributed by atoms with Crippen LogP contribution in [-0.4, -0.2) is 20.2 Å². The fourth-order valence-electron chi connectivity index (χ4n) is 3.50. The SMILES string of the molecule is O=C(/C=C\Nc1ccc2ncccc2c1)c1c(-c2ccc(Cl)cc2)nc2ccccn12. The van der Waals surface area contributed by atoms with E-state index < -0.39 is 0 Å². The summed E-state index contributed by atoms with van der Waals surface area (Å²) in [5.41, 5.74) is 4.46. The first kappa shape index (κ1) is 19.0. The second-order valence-corrected chi connectivity index (χ2v) is 7.43. The Morgan fingerprint density at radius 1 is 1.00 bits per heavy atom. The van der Waals surface area contributed by atoms with Gasteiger partial charge in [-0.3, -0.25) is 14.2 Å². The van der Waals surface area contributed by atoms with Gasteiger partial charge in [-0.05, 0) is 48.5 Å². The number of imidazole rings is 1. The summed E-state index contributed by atoms with van der Waals surface area (Å²) in [4.78, 5) is 22.2. The van der Waals surface area contributed by atoms with E-state index in [-0.39, 0.29) is 5.78 Å². The van der Waals surface area contributed by atoms with E-state index in [9.17, 15) is 4.79 Å². The van der Waals surface area contributed by atoms with Crippen LogP contribution >= 0.6 is 11.6 Å². The molecule has 5 rings (SSSR count). The van der Waals surface area contributed by atoms with Gasteiger partial charge in [0.05, 0.1) is 5.52 Å². The molecule has 0 saturated heterocycles. The number of carbonyl (C=O) groups excluding carboxylic acids is 1. The molecule has 0 spiro atoms. The van der Waals surface area contributed by atoms with Crippen molar-refractivity contribution in [2.45, 2.75) is 0 Å². The number of halogens is 1. The number of nitrogens with one attached hydrogen (secondary N) is 1. The molecule has 0 bridgehead atoms. The van der Waals surface area contributed by atoms with Crippen LogP contribution in [0.5, 0.6) is 0 Å². The Morgan fingerprint density at radius 2 is 1.87 bits per heavy atom. The molecule has 0 aliphatic heterocycles. The smallest absolute Gasteiger partial charge is 0.206 e. The maximum absolute atomic E-state index is 13.2. The number of nitrogens with zero attached hydrogens (tertiary/aromatic N) is 3. The van der Waals surface area contributed by atoms with Gasteiger partial charge in [-0.2, -0.15) is 0 Å². The molecule has 5 nitrogen and oxygen atoms in total. The van der Waals surface area contributed by atoms with Gasteiger partial charge in [0.15, 0.2) is 0 Å². The lowest BCUT2D eigenvalue weighted by Gasteiger charge is -2.04. The van der Waals surface area contributed by atoms with Crippen molar-refractivity contribution < 1.29 is 4.79 Å². The van der Waals surface area contributed by atoms with Gasteiger partial charge in [0.2, 0.25) is 5.78 Å². The fourth-order valence-corrected chi connectivity index (χ4v) is 3.62. The number of ketones is 1. The van der Waals surface area contributed by atoms with E-state index in [1.54, 1.807) is 28.9 Å². The Morgan fingerprint density at radius 3 is 2.74 bits per heavy atom. The number of carbonyl (C=O) groups is 1. The zero-order valence-corrected chi connectivity index (χ0v) is 17.1. The van der Waals surface area contributed by atoms with E-state index in [0.29, 0.717) is 22.1 Å². The Kier molecular flexibility index (Phi) is 4.94. The molecule has 0 aliphatic rings. The normalized spacial score (nSPS) is 11.4. The van der Waals surface area contributed by atoms with Crippen molar-refractivity contribution in [3.63, 3.8) is 0 Å². The number of hydrogen-bond acceptors (Lipinski definition) is 4. The number of pyridine rings is 2. The molecular weight excluding hydrogens is 408 g/mol. The lowest BCUT2D eigenvalue weighted by molar-refractivity contribution is 0.104. The molecule has 6 heteroatoms. The van der Waals surface area contributed by atoms with E-state index in [0.717, 1.165) is 22.2 Å². The molecule has 31 heavy (non-hydrogen) atoms. The first-order chi connectivity index (χ1) is 15.2. The lowest BCUT2D eigenvalue weighted by Crippen LogP contribution is -2.03. The van der Waals surface area contributed by atoms with E-state index in [1.165, 1.54) is 6.08 Å². The largest absolute Gasteiger partial charge is 0.362 e. The van der Waals surface area contributed by atoms with Crippen LogP contribution in [0.1, 0.15) is 10.5 Å². The van der Waals surface area contributed by atoms with E-state index in [2.05, 4.69) is 15.3 Å². The van der Waals surface area contributed by atoms with Gasteiger partial charge in [-0.15, -0.1) is 0 Å². The third kappa shape index (κ3) is 3.79. The number of allylic oxidation sites excluding steroid dienone is 1. The van der Waals surface area contributed by atoms with Crippen LogP contribution in [0.25, 0.3) is 27.8 Å². The Bertz CT molecular complexity index is 1440. The molecule has 3 aromatic heterocycles. The topological polar surface area (TPSA) is 59.3 Å². The summed E-state index contributed by atoms with van der Waals surface area (Å²) in [6, 6.07) is 22.7. The predicted octanol–water partition coefficient (Wildman–Crippen LogP) is 6.01. The molecule has 2 aromatic carbocycles. The summed E-state index contributed by atoms with van der Waals surface area (Å²) < 4.78 is 1.80. The molecule has 3 heterocycles. The summed E-state index contributed by atoms with van der Waals surface area (Å²) in [6.07, 6.45) is 6.77. The molecule has 1 N–H and O–H groups in total. The van der Waals surface area contributed by atoms with Crippen molar-refractivity contribution in [1.29, 1.82) is 0 Å². The molecule has 5 aromatic rings. The number of aromatic nitrogens is 3. The van der Waals surface area contributed by atoms with Crippen molar-refractivity contribution in [1.82, 2.24) is 14.4 Å². The summed E-state index contributed by atoms with van der Waals surface area (Å²) >= 11 is 6.03. The van der Waals surface area contributed by atoms with Gasteiger partial charge >= 0.3 is 0 Å². The van der Waals surface area contributed by atoms with E-state index >= 15 is 0 Å². The van der Waals surface area contributed by atoms with Crippen LogP contribution in [0.15, 0.2) is 97.5 Å². The van der Waals surface area contributed by atoms with Crippen LogP contribution in [0.4, 0.5) is 5.69 Å². The summed E-state index contributed by atoms with van der Waals surface area (Å²) in [5.74, 6) is -0.154. The highest BCUT2D eigenvalue weighted by molar-refractivity contribution is 6.30. The number of fused-ring (bicyclic) bond motifs is 2. The highest BCUT2D eigenvalue weighted by Gasteiger charge is 2.18. The molecule has 0 amide bonds. The van der Waals surface area contributed by atoms with E-state index in [4.69, 9.17) is 11.6 Å². The minimum absolute atomic E-state index is 0.154. The number of hydrogen-bond donors (Lipinski definition) is 1. The summed E-state index contributed by atoms with van der Waals surface area (Å²) in [7, 11) is 0. The molecule has 0 atom stereocenters. The highest BCUT2D eigenvalue weighted by Crippen LogP contribution is 2.26. The standard InChI is InChI=1S/C25H17ClN4O/c26-19-8-6-17(7-9-19)24-25(30-15-2-1-5-23(30)29-24)22(31)12-14-27-20-10-11-21-18(16-20)4-3-13-28-21/h1-16,27H/b14-12-. The Balaban J connectivity index is 1.47. The van der Waals surface area contributed by atoms with E-state index in [1.807, 2.05) is 66.9 Å². The van der Waals surface area contributed by atoms with Crippen molar-refractivity contribution >= 4 is 39.6 Å². The molecular formula is C25H17ClN4O. The van der Waals surface area contributed by atoms with Gasteiger partial charge in [0.1, 0.15) is 17.0 Å². The molecule has 0 aliphatic carbocycles. The van der Waals surface area contributed by atoms with Gasteiger partial charge in [-0.1, -0.05) is 35.9 Å². The first-order valence-electron chi connectivity index (χ1n) is 9.74. The first-order valence-corrected chi connectivity index (χ1v) is 10.1. The highest BCUT2D eigenvalue weighted by atomic mass is 35.5. The van der Waals surface area contributed by atoms with Crippen molar-refractivity contribution in [3.05, 3.63) is 108 Å². The quantitative estimate of drug-likeness (QED) is 0.277. The second kappa shape index (κ2) is 8.05. The average molecular weight is 425 g/mol. The van der Waals surface area contributed by atoms with Crippen LogP contribution < -0.4 is 5.32 Å². The molecule has 0 radical (unpaired) electrons. The monoisotopic (exact) mass is 424 g/mol. The minimum atomic E-state index is -0.154. The maximum atomic E-state index is 13.2. The van der Waals surface area contributed by atoms with Gasteiger partial charge in [-0.25, -0.2) is 4.98 Å². The second-order valence-electron chi connectivity index (χ2n) is 7.00. The molecule has 0 fully saturated rings. The van der Waals surface area contributed by atoms with Gasteiger partial charge in [0, 0.05) is 46.3 Å². The van der Waals surface area contributed by atoms with Crippen molar-refractivity contribution in [2.75, 3.05) is 5.32 Å². The van der Waals surface area contributed by atoms with Crippen LogP contribution in [0.3, 0.4) is 0 Å². The average Bonchev–Trinajstić information content (AvgIpc) is 3.19. The lowest BCUT2D eigenvalue weighted by atomic mass is 10.1. The van der Waals surface area contributed by atoms with Crippen LogP contribution in [0, 0.1) is 0 Å². The van der Waals surface area contributed by atoms with Crippen LogP contribution in [-0.2, 0) is 0 Å². The van der Waals surface area contributed by atoms with Crippen molar-refractivity contribution in [3.8, 4) is 11.3 Å². The number of benzene rings is 2. The molecule has 0 unspecified atom stereocenters. The Labute approximate surface area is 183 Å². The summed E-state index contributed by atoms with van der Waals surface area (Å²) in [5, 5.41) is 4.83. The minimum Gasteiger partial charge on any atom is -0.362 e. The molecule has 0 saturated carbocycles. The maximum Gasteiger partial charge on any atom is 0.206 e. The third-order valence-electron chi connectivity index (χ3n) is 4.97. The Hall–Kier alpha value is -3.96. The summed E-state index contributed by atoms with van der Waals surface area (Å²) in [6.45, 7) is 0. The van der Waals surface area contributed by atoms with Crippen molar-refractivity contribution in [2.24, 2.45) is 0 Å². The van der Waals surface area contributed by atoms with Gasteiger partial charge in [0.25, 0.3) is 0 Å². The number of rotatable bonds is 5. The van der Waals surface area contributed by atoms with Gasteiger partial charge < -0.3 is 5.32 Å². The third-order valence-corrected chi connectivity index (χ3v) is 5.22. The molecule has 150 valence electrons. The fraction of sp³-hybridized carbons (Fsp3) is 0.